The molecule has 1 aromatic carbocycles. The van der Waals surface area contributed by atoms with E-state index in [1.54, 1.807) is 4.90 Å². The molecule has 0 aliphatic carbocycles. The molecule has 1 amide bonds. The van der Waals surface area contributed by atoms with Gasteiger partial charge in [0.05, 0.1) is 5.69 Å². The summed E-state index contributed by atoms with van der Waals surface area (Å²) in [5, 5.41) is 6.92. The lowest BCUT2D eigenvalue weighted by Crippen LogP contribution is -2.25. The highest BCUT2D eigenvalue weighted by molar-refractivity contribution is 5.79. The number of carbonyl (C=O) groups is 1. The summed E-state index contributed by atoms with van der Waals surface area (Å²) in [5.74, 6) is -3.88. The Balaban J connectivity index is 1.83. The Hall–Kier alpha value is -2.31. The predicted octanol–water partition coefficient (Wildman–Crippen LogP) is 2.96. The van der Waals surface area contributed by atoms with Gasteiger partial charge in [-0.15, -0.1) is 0 Å². The number of aromatic nitrogens is 2. The van der Waals surface area contributed by atoms with Crippen LogP contribution in [0.15, 0.2) is 12.1 Å². The number of likely N-dealkylation sites (tertiary alicyclic amines) is 1. The van der Waals surface area contributed by atoms with E-state index in [9.17, 15) is 18.0 Å². The molecule has 3 rings (SSSR count). The van der Waals surface area contributed by atoms with Crippen molar-refractivity contribution < 1.29 is 18.0 Å². The van der Waals surface area contributed by atoms with Crippen LogP contribution in [-0.4, -0.2) is 27.5 Å². The molecule has 7 heteroatoms. The lowest BCUT2D eigenvalue weighted by molar-refractivity contribution is -0.128. The molecule has 0 bridgehead atoms. The lowest BCUT2D eigenvalue weighted by Gasteiger charge is -2.17. The number of nitrogens with one attached hydrogen (secondary N) is 1. The van der Waals surface area contributed by atoms with E-state index >= 15 is 0 Å². The number of benzene rings is 1. The fourth-order valence-corrected chi connectivity index (χ4v) is 3.00. The Labute approximate surface area is 131 Å². The maximum atomic E-state index is 13.9. The van der Waals surface area contributed by atoms with Crippen LogP contribution in [0, 0.1) is 31.3 Å². The second-order valence-corrected chi connectivity index (χ2v) is 5.88. The van der Waals surface area contributed by atoms with Crippen LogP contribution in [0.3, 0.4) is 0 Å². The van der Waals surface area contributed by atoms with E-state index in [0.29, 0.717) is 12.6 Å². The molecule has 0 radical (unpaired) electrons. The molecule has 1 aliphatic rings. The number of nitrogens with zero attached hydrogens (tertiary/aromatic N) is 2. The minimum Gasteiger partial charge on any atom is -0.338 e. The lowest BCUT2D eigenvalue weighted by atomic mass is 9.97. The zero-order valence-corrected chi connectivity index (χ0v) is 12.8. The summed E-state index contributed by atoms with van der Waals surface area (Å²) in [4.78, 5) is 13.7. The number of hydrogen-bond acceptors (Lipinski definition) is 2. The third-order valence-corrected chi connectivity index (χ3v) is 4.31. The van der Waals surface area contributed by atoms with Crippen molar-refractivity contribution in [3.8, 4) is 0 Å². The molecule has 23 heavy (non-hydrogen) atoms. The van der Waals surface area contributed by atoms with Gasteiger partial charge in [-0.2, -0.15) is 5.10 Å². The van der Waals surface area contributed by atoms with Gasteiger partial charge in [0.2, 0.25) is 5.91 Å². The first kappa shape index (κ1) is 15.6. The number of H-pyrrole nitrogens is 1. The standard InChI is InChI=1S/C16H16F3N3O/c1-8-13(9(2)21-20-8)7-22-6-10(3-15(22)23)12-4-11(17)5-14(18)16(12)19/h4-5,10H,3,6-7H2,1-2H3,(H,20,21)/t10-/m0/s1. The minimum absolute atomic E-state index is 0.0375. The fourth-order valence-electron chi connectivity index (χ4n) is 3.00. The maximum Gasteiger partial charge on any atom is 0.223 e. The smallest absolute Gasteiger partial charge is 0.223 e. The Morgan fingerprint density at radius 2 is 2.04 bits per heavy atom. The second kappa shape index (κ2) is 5.72. The van der Waals surface area contributed by atoms with Crippen molar-refractivity contribution in [3.05, 3.63) is 52.1 Å². The first-order valence-corrected chi connectivity index (χ1v) is 7.29. The molecule has 2 heterocycles. The van der Waals surface area contributed by atoms with Crippen LogP contribution in [0.4, 0.5) is 13.2 Å². The third-order valence-electron chi connectivity index (χ3n) is 4.31. The Kier molecular flexibility index (Phi) is 3.87. The highest BCUT2D eigenvalue weighted by Crippen LogP contribution is 2.32. The van der Waals surface area contributed by atoms with E-state index in [1.165, 1.54) is 0 Å². The average molecular weight is 323 g/mol. The van der Waals surface area contributed by atoms with Crippen LogP contribution in [0.25, 0.3) is 0 Å². The Bertz CT molecular complexity index is 753. The van der Waals surface area contributed by atoms with Gasteiger partial charge in [0.1, 0.15) is 5.82 Å². The number of aryl methyl sites for hydroxylation is 2. The maximum absolute atomic E-state index is 13.9. The molecule has 1 N–H and O–H groups in total. The first-order valence-electron chi connectivity index (χ1n) is 7.29. The number of amides is 1. The largest absolute Gasteiger partial charge is 0.338 e. The van der Waals surface area contributed by atoms with Gasteiger partial charge in [-0.1, -0.05) is 0 Å². The molecule has 2 aromatic rings. The van der Waals surface area contributed by atoms with Gasteiger partial charge >= 0.3 is 0 Å². The molecule has 1 aliphatic heterocycles. The molecule has 1 atom stereocenters. The van der Waals surface area contributed by atoms with Gasteiger partial charge < -0.3 is 4.90 Å². The number of hydrogen-bond donors (Lipinski definition) is 1. The summed E-state index contributed by atoms with van der Waals surface area (Å²) < 4.78 is 40.6. The van der Waals surface area contributed by atoms with Crippen molar-refractivity contribution in [1.29, 1.82) is 0 Å². The van der Waals surface area contributed by atoms with Gasteiger partial charge in [-0.05, 0) is 25.5 Å². The van der Waals surface area contributed by atoms with Crippen molar-refractivity contribution in [2.24, 2.45) is 0 Å². The number of aromatic amines is 1. The summed E-state index contributed by atoms with van der Waals surface area (Å²) in [7, 11) is 0. The summed E-state index contributed by atoms with van der Waals surface area (Å²) in [6.07, 6.45) is 0.0375. The topological polar surface area (TPSA) is 49.0 Å². The predicted molar refractivity (Wildman–Crippen MR) is 77.2 cm³/mol. The summed E-state index contributed by atoms with van der Waals surface area (Å²) >= 11 is 0. The first-order chi connectivity index (χ1) is 10.9. The SMILES string of the molecule is Cc1n[nH]c(C)c1CN1C[C@@H](c2cc(F)cc(F)c2F)CC1=O. The van der Waals surface area contributed by atoms with E-state index in [4.69, 9.17) is 0 Å². The summed E-state index contributed by atoms with van der Waals surface area (Å²) in [6, 6.07) is 1.47. The van der Waals surface area contributed by atoms with E-state index in [1.807, 2.05) is 13.8 Å². The van der Waals surface area contributed by atoms with Crippen LogP contribution in [0.1, 0.15) is 34.9 Å². The molecule has 0 unspecified atom stereocenters. The fraction of sp³-hybridized carbons (Fsp3) is 0.375. The Morgan fingerprint density at radius 3 is 2.70 bits per heavy atom. The van der Waals surface area contributed by atoms with Crippen LogP contribution < -0.4 is 0 Å². The van der Waals surface area contributed by atoms with Crippen molar-refractivity contribution in [1.82, 2.24) is 15.1 Å². The van der Waals surface area contributed by atoms with Crippen LogP contribution >= 0.6 is 0 Å². The van der Waals surface area contributed by atoms with Gasteiger partial charge in [-0.25, -0.2) is 13.2 Å². The molecule has 1 saturated heterocycles. The average Bonchev–Trinajstić information content (AvgIpc) is 3.00. The van der Waals surface area contributed by atoms with E-state index < -0.39 is 23.4 Å². The van der Waals surface area contributed by atoms with E-state index in [0.717, 1.165) is 23.0 Å². The van der Waals surface area contributed by atoms with Gasteiger partial charge in [-0.3, -0.25) is 9.89 Å². The monoisotopic (exact) mass is 323 g/mol. The van der Waals surface area contributed by atoms with Crippen molar-refractivity contribution in [2.75, 3.05) is 6.54 Å². The zero-order valence-electron chi connectivity index (χ0n) is 12.8. The molecular weight excluding hydrogens is 307 g/mol. The highest BCUT2D eigenvalue weighted by Gasteiger charge is 2.33. The molecule has 4 nitrogen and oxygen atoms in total. The second-order valence-electron chi connectivity index (χ2n) is 5.88. The van der Waals surface area contributed by atoms with Gasteiger partial charge in [0.25, 0.3) is 0 Å². The number of rotatable bonds is 3. The van der Waals surface area contributed by atoms with Gasteiger partial charge in [0, 0.05) is 42.8 Å². The van der Waals surface area contributed by atoms with E-state index in [2.05, 4.69) is 10.2 Å². The van der Waals surface area contributed by atoms with Crippen molar-refractivity contribution in [3.63, 3.8) is 0 Å². The molecule has 122 valence electrons. The normalized spacial score (nSPS) is 18.0. The van der Waals surface area contributed by atoms with Crippen LogP contribution in [-0.2, 0) is 11.3 Å². The third kappa shape index (κ3) is 2.83. The molecule has 1 fully saturated rings. The van der Waals surface area contributed by atoms with E-state index in [-0.39, 0.29) is 24.4 Å². The summed E-state index contributed by atoms with van der Waals surface area (Å²) in [6.45, 7) is 4.26. The zero-order chi connectivity index (χ0) is 16.7. The van der Waals surface area contributed by atoms with Crippen molar-refractivity contribution in [2.45, 2.75) is 32.7 Å². The quantitative estimate of drug-likeness (QED) is 0.883. The molecular formula is C16H16F3N3O. The minimum atomic E-state index is -1.23. The highest BCUT2D eigenvalue weighted by atomic mass is 19.2. The van der Waals surface area contributed by atoms with Crippen molar-refractivity contribution >= 4 is 5.91 Å². The molecule has 1 aromatic heterocycles. The number of halogens is 3. The number of carbonyl (C=O) groups excluding carboxylic acids is 1. The van der Waals surface area contributed by atoms with Crippen LogP contribution in [0.2, 0.25) is 0 Å². The summed E-state index contributed by atoms with van der Waals surface area (Å²) in [5.41, 5.74) is 2.48. The van der Waals surface area contributed by atoms with Crippen LogP contribution in [0.5, 0.6) is 0 Å². The molecule has 0 saturated carbocycles. The molecule has 0 spiro atoms. The Morgan fingerprint density at radius 1 is 1.30 bits per heavy atom. The van der Waals surface area contributed by atoms with Gasteiger partial charge in [0.15, 0.2) is 11.6 Å².